The van der Waals surface area contributed by atoms with Crippen molar-refractivity contribution in [3.63, 3.8) is 0 Å². The number of likely N-dealkylation sites (N-methyl/N-ethyl adjacent to an activating group) is 1. The number of alkyl halides is 3. The minimum Gasteiger partial charge on any atom is -0.497 e. The number of nitrogens with one attached hydrogen (secondary N) is 1. The second-order valence-corrected chi connectivity index (χ2v) is 8.92. The van der Waals surface area contributed by atoms with Gasteiger partial charge in [-0.3, -0.25) is 9.59 Å². The third-order valence-electron chi connectivity index (χ3n) is 6.40. The molecule has 4 rings (SSSR count). The van der Waals surface area contributed by atoms with E-state index in [0.29, 0.717) is 22.8 Å². The number of fused-ring (bicyclic) bond motifs is 1. The molecule has 1 aromatic heterocycles. The van der Waals surface area contributed by atoms with Crippen molar-refractivity contribution in [2.45, 2.75) is 25.6 Å². The summed E-state index contributed by atoms with van der Waals surface area (Å²) in [6.45, 7) is 1.73. The molecule has 0 radical (unpaired) electrons. The average molecular weight is 532 g/mol. The zero-order valence-corrected chi connectivity index (χ0v) is 21.1. The quantitative estimate of drug-likeness (QED) is 0.464. The maximum absolute atomic E-state index is 13.8. The van der Waals surface area contributed by atoms with E-state index in [1.54, 1.807) is 50.4 Å². The summed E-state index contributed by atoms with van der Waals surface area (Å²) < 4.78 is 47.6. The van der Waals surface area contributed by atoms with Gasteiger partial charge >= 0.3 is 6.18 Å². The highest BCUT2D eigenvalue weighted by molar-refractivity contribution is 6.07. The van der Waals surface area contributed by atoms with Crippen molar-refractivity contribution < 1.29 is 32.6 Å². The van der Waals surface area contributed by atoms with Crippen molar-refractivity contribution in [2.24, 2.45) is 0 Å². The second kappa shape index (κ2) is 10.8. The van der Waals surface area contributed by atoms with Crippen LogP contribution in [0.15, 0.2) is 48.5 Å². The molecule has 0 aliphatic carbocycles. The van der Waals surface area contributed by atoms with Crippen molar-refractivity contribution >= 4 is 23.2 Å². The molecule has 1 aliphatic rings. The van der Waals surface area contributed by atoms with Gasteiger partial charge in [-0.1, -0.05) is 0 Å². The number of aromatic nitrogens is 2. The van der Waals surface area contributed by atoms with Crippen LogP contribution >= 0.6 is 0 Å². The lowest BCUT2D eigenvalue weighted by atomic mass is 10.0. The molecule has 38 heavy (non-hydrogen) atoms. The predicted molar refractivity (Wildman–Crippen MR) is 135 cm³/mol. The molecule has 12 heteroatoms. The number of rotatable bonds is 8. The first kappa shape index (κ1) is 27.1. The number of aliphatic hydroxyl groups is 1. The lowest BCUT2D eigenvalue weighted by Crippen LogP contribution is -2.40. The van der Waals surface area contributed by atoms with Gasteiger partial charge in [0.15, 0.2) is 5.69 Å². The number of halogens is 3. The van der Waals surface area contributed by atoms with E-state index in [9.17, 15) is 22.8 Å². The molecule has 0 fully saturated rings. The minimum atomic E-state index is -4.72. The Morgan fingerprint density at radius 1 is 1.16 bits per heavy atom. The summed E-state index contributed by atoms with van der Waals surface area (Å²) in [5.41, 5.74) is -0.00287. The zero-order chi connectivity index (χ0) is 27.6. The van der Waals surface area contributed by atoms with E-state index in [0.717, 1.165) is 4.68 Å². The number of methoxy groups -OCH3 is 1. The molecule has 1 atom stereocenters. The highest BCUT2D eigenvalue weighted by atomic mass is 19.4. The van der Waals surface area contributed by atoms with Crippen LogP contribution in [0.1, 0.15) is 28.7 Å². The lowest BCUT2D eigenvalue weighted by Gasteiger charge is -2.28. The van der Waals surface area contributed by atoms with Gasteiger partial charge < -0.3 is 25.0 Å². The third kappa shape index (κ3) is 5.36. The summed E-state index contributed by atoms with van der Waals surface area (Å²) >= 11 is 0. The Labute approximate surface area is 217 Å². The van der Waals surface area contributed by atoms with E-state index in [1.165, 1.54) is 29.0 Å². The van der Waals surface area contributed by atoms with Crippen molar-refractivity contribution in [1.82, 2.24) is 15.1 Å². The Bertz CT molecular complexity index is 1310. The third-order valence-corrected chi connectivity index (χ3v) is 6.40. The number of benzene rings is 2. The van der Waals surface area contributed by atoms with Crippen LogP contribution < -0.4 is 19.9 Å². The van der Waals surface area contributed by atoms with Crippen LogP contribution in [0.2, 0.25) is 0 Å². The molecule has 2 aromatic carbocycles. The van der Waals surface area contributed by atoms with Gasteiger partial charge in [0.25, 0.3) is 5.91 Å². The largest absolute Gasteiger partial charge is 0.497 e. The summed E-state index contributed by atoms with van der Waals surface area (Å²) in [5.74, 6) is -0.315. The first-order chi connectivity index (χ1) is 18.0. The Hall–Kier alpha value is -3.90. The Kier molecular flexibility index (Phi) is 7.74. The van der Waals surface area contributed by atoms with Crippen LogP contribution in [-0.4, -0.2) is 66.6 Å². The van der Waals surface area contributed by atoms with Crippen molar-refractivity contribution in [2.75, 3.05) is 43.7 Å². The van der Waals surface area contributed by atoms with Crippen LogP contribution in [0.25, 0.3) is 5.69 Å². The fraction of sp³-hybridized carbons (Fsp3) is 0.346. The SMILES string of the molecule is COc1ccc(-n2nc(C(F)(F)F)c3c2C(=O)N(c2ccc(N(C)C(=O)CNC(C)CO)cc2)CC3)cc1. The maximum atomic E-state index is 13.8. The van der Waals surface area contributed by atoms with E-state index in [1.807, 2.05) is 0 Å². The van der Waals surface area contributed by atoms with Gasteiger partial charge in [0.1, 0.15) is 11.4 Å². The van der Waals surface area contributed by atoms with E-state index < -0.39 is 17.8 Å². The van der Waals surface area contributed by atoms with E-state index in [4.69, 9.17) is 9.84 Å². The van der Waals surface area contributed by atoms with Gasteiger partial charge in [-0.2, -0.15) is 18.3 Å². The molecule has 2 heterocycles. The molecule has 0 saturated heterocycles. The molecular formula is C26H28F3N5O4. The first-order valence-electron chi connectivity index (χ1n) is 11.9. The van der Waals surface area contributed by atoms with Gasteiger partial charge in [0, 0.05) is 36.6 Å². The molecule has 0 bridgehead atoms. The second-order valence-electron chi connectivity index (χ2n) is 8.92. The molecule has 1 unspecified atom stereocenters. The van der Waals surface area contributed by atoms with Crippen LogP contribution in [0.5, 0.6) is 5.75 Å². The Morgan fingerprint density at radius 3 is 2.37 bits per heavy atom. The Morgan fingerprint density at radius 2 is 1.79 bits per heavy atom. The number of hydrogen-bond acceptors (Lipinski definition) is 6. The van der Waals surface area contributed by atoms with Gasteiger partial charge in [-0.15, -0.1) is 0 Å². The van der Waals surface area contributed by atoms with E-state index in [-0.39, 0.29) is 49.3 Å². The number of hydrogen-bond donors (Lipinski definition) is 2. The van der Waals surface area contributed by atoms with Crippen molar-refractivity contribution in [1.29, 1.82) is 0 Å². The Balaban J connectivity index is 1.62. The molecule has 0 saturated carbocycles. The number of anilines is 2. The molecule has 2 amide bonds. The molecule has 1 aliphatic heterocycles. The number of amides is 2. The van der Waals surface area contributed by atoms with E-state index in [2.05, 4.69) is 10.4 Å². The first-order valence-corrected chi connectivity index (χ1v) is 11.9. The summed E-state index contributed by atoms with van der Waals surface area (Å²) in [6.07, 6.45) is -4.74. The maximum Gasteiger partial charge on any atom is 0.435 e. The fourth-order valence-corrected chi connectivity index (χ4v) is 4.19. The lowest BCUT2D eigenvalue weighted by molar-refractivity contribution is -0.142. The van der Waals surface area contributed by atoms with Crippen LogP contribution in [0, 0.1) is 0 Å². The highest BCUT2D eigenvalue weighted by Gasteiger charge is 2.43. The average Bonchev–Trinajstić information content (AvgIpc) is 3.33. The molecule has 3 aromatic rings. The van der Waals surface area contributed by atoms with Gasteiger partial charge in [-0.25, -0.2) is 4.68 Å². The fourth-order valence-electron chi connectivity index (χ4n) is 4.19. The smallest absolute Gasteiger partial charge is 0.435 e. The summed E-state index contributed by atoms with van der Waals surface area (Å²) in [6, 6.07) is 12.6. The van der Waals surface area contributed by atoms with Crippen molar-refractivity contribution in [3.8, 4) is 11.4 Å². The molecule has 9 nitrogen and oxygen atoms in total. The number of nitrogens with zero attached hydrogens (tertiary/aromatic N) is 4. The minimum absolute atomic E-state index is 0.0269. The summed E-state index contributed by atoms with van der Waals surface area (Å²) in [5, 5.41) is 15.8. The summed E-state index contributed by atoms with van der Waals surface area (Å²) in [7, 11) is 3.08. The standard InChI is InChI=1S/C26H28F3N5O4/c1-16(15-35)30-14-22(36)32(2)17-4-6-18(7-5-17)33-13-12-21-23(25(33)37)34(31-24(21)26(27,28)29)19-8-10-20(38-3)11-9-19/h4-11,16,30,35H,12-15H2,1-3H3. The number of carbonyl (C=O) groups is 2. The number of aliphatic hydroxyl groups excluding tert-OH is 1. The molecule has 2 N–H and O–H groups in total. The predicted octanol–water partition coefficient (Wildman–Crippen LogP) is 3.04. The van der Waals surface area contributed by atoms with Crippen LogP contribution in [0.4, 0.5) is 24.5 Å². The highest BCUT2D eigenvalue weighted by Crippen LogP contribution is 2.37. The molecular weight excluding hydrogens is 503 g/mol. The van der Waals surface area contributed by atoms with E-state index >= 15 is 0 Å². The number of ether oxygens (including phenoxy) is 1. The number of carbonyl (C=O) groups excluding carboxylic acids is 2. The van der Waals surface area contributed by atoms with Crippen LogP contribution in [-0.2, 0) is 17.4 Å². The van der Waals surface area contributed by atoms with Gasteiger partial charge in [0.2, 0.25) is 5.91 Å². The molecule has 202 valence electrons. The molecule has 0 spiro atoms. The normalized spacial score (nSPS) is 14.3. The summed E-state index contributed by atoms with van der Waals surface area (Å²) in [4.78, 5) is 28.8. The zero-order valence-electron chi connectivity index (χ0n) is 21.1. The monoisotopic (exact) mass is 531 g/mol. The van der Waals surface area contributed by atoms with Crippen molar-refractivity contribution in [3.05, 3.63) is 65.5 Å². The van der Waals surface area contributed by atoms with Gasteiger partial charge in [0.05, 0.1) is 25.9 Å². The van der Waals surface area contributed by atoms with Gasteiger partial charge in [-0.05, 0) is 61.9 Å². The van der Waals surface area contributed by atoms with Crippen LogP contribution in [0.3, 0.4) is 0 Å². The topological polar surface area (TPSA) is 99.9 Å².